The smallest absolute Gasteiger partial charge is 0.337 e. The largest absolute Gasteiger partial charge is 0.478 e. The standard InChI is InChI=1S/C13H11ClN2O4/c1-2-20-13(19)8(6-15)7-16-10-5-3-4-9(11(10)14)12(17)18/h3-5,7-8H,2H2,1H3,(H,17,18). The van der Waals surface area contributed by atoms with Crippen molar-refractivity contribution in [3.05, 3.63) is 28.8 Å². The maximum atomic E-state index is 11.4. The highest BCUT2D eigenvalue weighted by atomic mass is 35.5. The predicted octanol–water partition coefficient (Wildman–Crippen LogP) is 2.44. The average Bonchev–Trinajstić information content (AvgIpc) is 2.41. The van der Waals surface area contributed by atoms with Crippen LogP contribution in [0, 0.1) is 17.2 Å². The summed E-state index contributed by atoms with van der Waals surface area (Å²) < 4.78 is 4.70. The molecule has 0 aliphatic carbocycles. The monoisotopic (exact) mass is 294 g/mol. The number of carboxylic acid groups (broad SMARTS) is 1. The number of ether oxygens (including phenoxy) is 1. The number of nitrogens with zero attached hydrogens (tertiary/aromatic N) is 2. The lowest BCUT2D eigenvalue weighted by molar-refractivity contribution is -0.143. The van der Waals surface area contributed by atoms with Crippen molar-refractivity contribution < 1.29 is 19.4 Å². The molecule has 6 nitrogen and oxygen atoms in total. The van der Waals surface area contributed by atoms with Crippen molar-refractivity contribution in [1.29, 1.82) is 5.26 Å². The normalized spacial score (nSPS) is 11.8. The highest BCUT2D eigenvalue weighted by molar-refractivity contribution is 6.36. The summed E-state index contributed by atoms with van der Waals surface area (Å²) in [5.74, 6) is -3.07. The summed E-state index contributed by atoms with van der Waals surface area (Å²) >= 11 is 5.88. The van der Waals surface area contributed by atoms with E-state index in [-0.39, 0.29) is 22.9 Å². The molecule has 0 saturated heterocycles. The third-order valence-corrected chi connectivity index (χ3v) is 2.65. The lowest BCUT2D eigenvalue weighted by Gasteiger charge is -2.04. The number of hydrogen-bond donors (Lipinski definition) is 1. The SMILES string of the molecule is CCOC(=O)C(C#N)C=Nc1cccc(C(=O)O)c1Cl. The topological polar surface area (TPSA) is 99.8 Å². The molecule has 0 bridgehead atoms. The van der Waals surface area contributed by atoms with E-state index < -0.39 is 17.9 Å². The molecule has 0 fully saturated rings. The summed E-state index contributed by atoms with van der Waals surface area (Å²) in [4.78, 5) is 26.2. The van der Waals surface area contributed by atoms with Gasteiger partial charge in [0, 0.05) is 6.21 Å². The second-order valence-corrected chi connectivity index (χ2v) is 3.96. The molecule has 0 aromatic heterocycles. The van der Waals surface area contributed by atoms with Crippen molar-refractivity contribution in [2.24, 2.45) is 10.9 Å². The highest BCUT2D eigenvalue weighted by Crippen LogP contribution is 2.28. The van der Waals surface area contributed by atoms with Gasteiger partial charge in [0.2, 0.25) is 0 Å². The van der Waals surface area contributed by atoms with Gasteiger partial charge in [-0.2, -0.15) is 5.26 Å². The Morgan fingerprint density at radius 1 is 1.60 bits per heavy atom. The van der Waals surface area contributed by atoms with Gasteiger partial charge in [-0.25, -0.2) is 4.79 Å². The van der Waals surface area contributed by atoms with E-state index in [1.165, 1.54) is 18.2 Å². The van der Waals surface area contributed by atoms with Gasteiger partial charge in [-0.15, -0.1) is 0 Å². The summed E-state index contributed by atoms with van der Waals surface area (Å²) in [6.45, 7) is 1.77. The number of halogens is 1. The third-order valence-electron chi connectivity index (χ3n) is 2.25. The zero-order chi connectivity index (χ0) is 15.1. The van der Waals surface area contributed by atoms with Gasteiger partial charge in [0.05, 0.1) is 28.9 Å². The second-order valence-electron chi connectivity index (χ2n) is 3.58. The van der Waals surface area contributed by atoms with Gasteiger partial charge in [0.25, 0.3) is 0 Å². The quantitative estimate of drug-likeness (QED) is 0.664. The fourth-order valence-corrected chi connectivity index (χ4v) is 1.57. The van der Waals surface area contributed by atoms with Crippen LogP contribution in [0.2, 0.25) is 5.02 Å². The fraction of sp³-hybridized carbons (Fsp3) is 0.231. The Kier molecular flexibility index (Phi) is 5.69. The van der Waals surface area contributed by atoms with Crippen molar-refractivity contribution >= 4 is 35.4 Å². The van der Waals surface area contributed by atoms with Crippen LogP contribution in [0.4, 0.5) is 5.69 Å². The molecule has 1 N–H and O–H groups in total. The first-order chi connectivity index (χ1) is 9.51. The zero-order valence-corrected chi connectivity index (χ0v) is 11.3. The molecule has 0 aliphatic rings. The van der Waals surface area contributed by atoms with Crippen LogP contribution in [-0.2, 0) is 9.53 Å². The van der Waals surface area contributed by atoms with Crippen LogP contribution in [0.1, 0.15) is 17.3 Å². The van der Waals surface area contributed by atoms with Gasteiger partial charge < -0.3 is 9.84 Å². The Morgan fingerprint density at radius 3 is 2.85 bits per heavy atom. The number of aromatic carboxylic acids is 1. The second kappa shape index (κ2) is 7.26. The first kappa shape index (κ1) is 15.7. The van der Waals surface area contributed by atoms with Gasteiger partial charge in [-0.1, -0.05) is 17.7 Å². The molecule has 1 atom stereocenters. The summed E-state index contributed by atoms with van der Waals surface area (Å²) in [6, 6.07) is 6.00. The van der Waals surface area contributed by atoms with Gasteiger partial charge in [-0.3, -0.25) is 9.79 Å². The molecular formula is C13H11ClN2O4. The fourth-order valence-electron chi connectivity index (χ4n) is 1.32. The lowest BCUT2D eigenvalue weighted by Crippen LogP contribution is -2.17. The number of carboxylic acids is 1. The molecule has 0 heterocycles. The van der Waals surface area contributed by atoms with Crippen LogP contribution in [0.5, 0.6) is 0 Å². The van der Waals surface area contributed by atoms with E-state index in [2.05, 4.69) is 4.99 Å². The van der Waals surface area contributed by atoms with Crippen LogP contribution in [0.25, 0.3) is 0 Å². The summed E-state index contributed by atoms with van der Waals surface area (Å²) in [5, 5.41) is 17.7. The zero-order valence-electron chi connectivity index (χ0n) is 10.5. The first-order valence-electron chi connectivity index (χ1n) is 5.63. The van der Waals surface area contributed by atoms with Crippen LogP contribution < -0.4 is 0 Å². The van der Waals surface area contributed by atoms with Crippen LogP contribution in [0.15, 0.2) is 23.2 Å². The predicted molar refractivity (Wildman–Crippen MR) is 72.3 cm³/mol. The van der Waals surface area contributed by atoms with E-state index in [0.29, 0.717) is 0 Å². The molecule has 0 radical (unpaired) electrons. The molecule has 20 heavy (non-hydrogen) atoms. The number of carbonyl (C=O) groups excluding carboxylic acids is 1. The number of aliphatic imine (C=N–C) groups is 1. The van der Waals surface area contributed by atoms with Crippen molar-refractivity contribution in [3.63, 3.8) is 0 Å². The number of benzene rings is 1. The minimum Gasteiger partial charge on any atom is -0.478 e. The third kappa shape index (κ3) is 3.80. The Morgan fingerprint density at radius 2 is 2.30 bits per heavy atom. The van der Waals surface area contributed by atoms with Crippen molar-refractivity contribution in [2.45, 2.75) is 6.92 Å². The van der Waals surface area contributed by atoms with Gasteiger partial charge in [-0.05, 0) is 19.1 Å². The molecule has 1 aromatic carbocycles. The van der Waals surface area contributed by atoms with Gasteiger partial charge in [0.1, 0.15) is 0 Å². The maximum absolute atomic E-state index is 11.4. The Bertz CT molecular complexity index is 593. The highest BCUT2D eigenvalue weighted by Gasteiger charge is 2.17. The van der Waals surface area contributed by atoms with E-state index in [9.17, 15) is 9.59 Å². The van der Waals surface area contributed by atoms with Crippen LogP contribution in [0.3, 0.4) is 0 Å². The number of hydrogen-bond acceptors (Lipinski definition) is 5. The molecule has 1 aromatic rings. The van der Waals surface area contributed by atoms with Gasteiger partial charge in [0.15, 0.2) is 5.92 Å². The molecule has 0 spiro atoms. The van der Waals surface area contributed by atoms with Crippen molar-refractivity contribution in [3.8, 4) is 6.07 Å². The Hall–Kier alpha value is -2.39. The maximum Gasteiger partial charge on any atom is 0.337 e. The molecule has 0 aliphatic heterocycles. The van der Waals surface area contributed by atoms with Crippen LogP contribution in [-0.4, -0.2) is 29.9 Å². The minimum absolute atomic E-state index is 0.0585. The number of nitriles is 1. The molecule has 1 unspecified atom stereocenters. The number of esters is 1. The van der Waals surface area contributed by atoms with Crippen molar-refractivity contribution in [2.75, 3.05) is 6.61 Å². The van der Waals surface area contributed by atoms with E-state index in [1.807, 2.05) is 0 Å². The summed E-state index contributed by atoms with van der Waals surface area (Å²) in [5.41, 5.74) is 0.0575. The van der Waals surface area contributed by atoms with E-state index >= 15 is 0 Å². The molecule has 0 amide bonds. The lowest BCUT2D eigenvalue weighted by atomic mass is 10.2. The molecule has 104 valence electrons. The van der Waals surface area contributed by atoms with Crippen LogP contribution >= 0.6 is 11.6 Å². The molecule has 1 rings (SSSR count). The van der Waals surface area contributed by atoms with E-state index in [0.717, 1.165) is 6.21 Å². The summed E-state index contributed by atoms with van der Waals surface area (Å²) in [6.07, 6.45) is 1.07. The summed E-state index contributed by atoms with van der Waals surface area (Å²) in [7, 11) is 0. The van der Waals surface area contributed by atoms with E-state index in [1.54, 1.807) is 13.0 Å². The Balaban J connectivity index is 3.01. The Labute approximate surface area is 120 Å². The molecule has 0 saturated carbocycles. The van der Waals surface area contributed by atoms with Crippen molar-refractivity contribution in [1.82, 2.24) is 0 Å². The average molecular weight is 295 g/mol. The number of rotatable bonds is 5. The first-order valence-corrected chi connectivity index (χ1v) is 6.01. The van der Waals surface area contributed by atoms with Gasteiger partial charge >= 0.3 is 11.9 Å². The minimum atomic E-state index is -1.19. The van der Waals surface area contributed by atoms with E-state index in [4.69, 9.17) is 26.7 Å². The number of carbonyl (C=O) groups is 2. The molecular weight excluding hydrogens is 284 g/mol. The molecule has 7 heteroatoms.